The van der Waals surface area contributed by atoms with E-state index in [4.69, 9.17) is 4.98 Å². The van der Waals surface area contributed by atoms with Crippen LogP contribution >= 0.6 is 11.3 Å². The summed E-state index contributed by atoms with van der Waals surface area (Å²) in [6.45, 7) is 2.02. The summed E-state index contributed by atoms with van der Waals surface area (Å²) >= 11 is 1.68. The summed E-state index contributed by atoms with van der Waals surface area (Å²) < 4.78 is 0. The van der Waals surface area contributed by atoms with Gasteiger partial charge in [0.1, 0.15) is 16.6 Å². The van der Waals surface area contributed by atoms with Gasteiger partial charge in [0.25, 0.3) is 0 Å². The highest BCUT2D eigenvalue weighted by Crippen LogP contribution is 2.26. The van der Waals surface area contributed by atoms with E-state index in [-0.39, 0.29) is 0 Å². The molecule has 2 aromatic heterocycles. The average Bonchev–Trinajstić information content (AvgIpc) is 2.83. The molecule has 19 heavy (non-hydrogen) atoms. The summed E-state index contributed by atoms with van der Waals surface area (Å²) in [5, 5.41) is 6.39. The number of fused-ring (bicyclic) bond motifs is 1. The Kier molecular flexibility index (Phi) is 3.46. The van der Waals surface area contributed by atoms with Crippen LogP contribution < -0.4 is 5.32 Å². The van der Waals surface area contributed by atoms with Crippen molar-refractivity contribution in [2.24, 2.45) is 0 Å². The maximum absolute atomic E-state index is 4.74. The zero-order valence-corrected chi connectivity index (χ0v) is 12.2. The normalized spacial score (nSPS) is 14.2. The minimum absolute atomic E-state index is 0.737. The first-order valence-corrected chi connectivity index (χ1v) is 7.61. The summed E-state index contributed by atoms with van der Waals surface area (Å²) in [7, 11) is 1.94. The molecule has 1 aliphatic carbocycles. The monoisotopic (exact) mass is 274 g/mol. The third kappa shape index (κ3) is 2.61. The Balaban J connectivity index is 1.93. The summed E-state index contributed by atoms with van der Waals surface area (Å²) in [6, 6.07) is 0. The Morgan fingerprint density at radius 1 is 1.21 bits per heavy atom. The van der Waals surface area contributed by atoms with Crippen molar-refractivity contribution in [1.82, 2.24) is 15.0 Å². The van der Waals surface area contributed by atoms with Crippen LogP contribution in [-0.2, 0) is 19.3 Å². The topological polar surface area (TPSA) is 50.7 Å². The van der Waals surface area contributed by atoms with Gasteiger partial charge in [-0.05, 0) is 32.6 Å². The number of hydrogen-bond acceptors (Lipinski definition) is 5. The van der Waals surface area contributed by atoms with Crippen LogP contribution in [-0.4, -0.2) is 22.0 Å². The van der Waals surface area contributed by atoms with E-state index < -0.39 is 0 Å². The standard InChI is InChI=1S/C14H18N4S/c1-9-8-19-13(16-9)7-12-17-11-6-4-3-5-10(11)14(15-2)18-12/h8H,3-7H2,1-2H3,(H,15,17,18). The van der Waals surface area contributed by atoms with Gasteiger partial charge in [-0.15, -0.1) is 11.3 Å². The number of nitrogens with zero attached hydrogens (tertiary/aromatic N) is 3. The molecule has 2 aromatic rings. The van der Waals surface area contributed by atoms with Crippen molar-refractivity contribution in [2.75, 3.05) is 12.4 Å². The maximum Gasteiger partial charge on any atom is 0.137 e. The number of rotatable bonds is 3. The maximum atomic E-state index is 4.74. The molecule has 0 aromatic carbocycles. The van der Waals surface area contributed by atoms with E-state index in [0.29, 0.717) is 0 Å². The highest BCUT2D eigenvalue weighted by Gasteiger charge is 2.17. The van der Waals surface area contributed by atoms with E-state index in [0.717, 1.165) is 41.6 Å². The fourth-order valence-electron chi connectivity index (χ4n) is 2.55. The fourth-order valence-corrected chi connectivity index (χ4v) is 3.32. The lowest BCUT2D eigenvalue weighted by Gasteiger charge is -2.18. The number of aryl methyl sites for hydroxylation is 2. The molecule has 0 atom stereocenters. The zero-order valence-electron chi connectivity index (χ0n) is 11.4. The second kappa shape index (κ2) is 5.25. The van der Waals surface area contributed by atoms with Crippen LogP contribution in [0.25, 0.3) is 0 Å². The predicted octanol–water partition coefficient (Wildman–Crippen LogP) is 2.75. The van der Waals surface area contributed by atoms with Crippen molar-refractivity contribution in [3.05, 3.63) is 33.2 Å². The van der Waals surface area contributed by atoms with Crippen LogP contribution in [0.4, 0.5) is 5.82 Å². The van der Waals surface area contributed by atoms with Crippen LogP contribution in [0, 0.1) is 6.92 Å². The first kappa shape index (κ1) is 12.5. The summed E-state index contributed by atoms with van der Waals surface area (Å²) in [5.74, 6) is 1.90. The van der Waals surface area contributed by atoms with Crippen molar-refractivity contribution < 1.29 is 0 Å². The van der Waals surface area contributed by atoms with Gasteiger partial charge in [0.15, 0.2) is 0 Å². The highest BCUT2D eigenvalue weighted by atomic mass is 32.1. The molecule has 3 rings (SSSR count). The molecule has 0 aliphatic heterocycles. The van der Waals surface area contributed by atoms with E-state index >= 15 is 0 Å². The predicted molar refractivity (Wildman–Crippen MR) is 77.9 cm³/mol. The molecule has 5 heteroatoms. The van der Waals surface area contributed by atoms with Crippen LogP contribution in [0.3, 0.4) is 0 Å². The molecule has 4 nitrogen and oxygen atoms in total. The van der Waals surface area contributed by atoms with E-state index in [1.807, 2.05) is 14.0 Å². The van der Waals surface area contributed by atoms with E-state index in [1.165, 1.54) is 24.1 Å². The molecule has 0 unspecified atom stereocenters. The summed E-state index contributed by atoms with van der Waals surface area (Å²) in [5.41, 5.74) is 3.62. The molecule has 1 N–H and O–H groups in total. The molecule has 1 aliphatic rings. The van der Waals surface area contributed by atoms with Gasteiger partial charge in [0.2, 0.25) is 0 Å². The molecular weight excluding hydrogens is 256 g/mol. The SMILES string of the molecule is CNc1nc(Cc2nc(C)cs2)nc2c1CCCC2. The average molecular weight is 274 g/mol. The van der Waals surface area contributed by atoms with Gasteiger partial charge in [0, 0.05) is 29.4 Å². The minimum Gasteiger partial charge on any atom is -0.373 e. The van der Waals surface area contributed by atoms with E-state index in [9.17, 15) is 0 Å². The minimum atomic E-state index is 0.737. The smallest absolute Gasteiger partial charge is 0.137 e. The molecule has 0 spiro atoms. The molecular formula is C14H18N4S. The molecule has 0 saturated carbocycles. The van der Waals surface area contributed by atoms with Gasteiger partial charge < -0.3 is 5.32 Å². The second-order valence-corrected chi connectivity index (χ2v) is 5.87. The Bertz CT molecular complexity index is 574. The lowest BCUT2D eigenvalue weighted by molar-refractivity contribution is 0.657. The van der Waals surface area contributed by atoms with E-state index in [1.54, 1.807) is 11.3 Å². The number of aromatic nitrogens is 3. The van der Waals surface area contributed by atoms with Gasteiger partial charge in [-0.25, -0.2) is 15.0 Å². The molecule has 100 valence electrons. The Hall–Kier alpha value is -1.49. The first-order valence-electron chi connectivity index (χ1n) is 6.73. The lowest BCUT2D eigenvalue weighted by Crippen LogP contribution is -2.13. The molecule has 0 radical (unpaired) electrons. The van der Waals surface area contributed by atoms with Crippen LogP contribution in [0.1, 0.15) is 40.6 Å². The number of thiazole rings is 1. The van der Waals surface area contributed by atoms with Gasteiger partial charge in [-0.1, -0.05) is 0 Å². The van der Waals surface area contributed by atoms with Crippen LogP contribution in [0.2, 0.25) is 0 Å². The molecule has 2 heterocycles. The van der Waals surface area contributed by atoms with Gasteiger partial charge in [0.05, 0.1) is 6.42 Å². The zero-order chi connectivity index (χ0) is 13.2. The van der Waals surface area contributed by atoms with Crippen LogP contribution in [0.5, 0.6) is 0 Å². The lowest BCUT2D eigenvalue weighted by atomic mass is 9.96. The van der Waals surface area contributed by atoms with Gasteiger partial charge in [-0.2, -0.15) is 0 Å². The first-order chi connectivity index (χ1) is 9.26. The largest absolute Gasteiger partial charge is 0.373 e. The Morgan fingerprint density at radius 3 is 2.79 bits per heavy atom. The number of anilines is 1. The fraction of sp³-hybridized carbons (Fsp3) is 0.500. The van der Waals surface area contributed by atoms with Crippen molar-refractivity contribution in [1.29, 1.82) is 0 Å². The summed E-state index contributed by atoms with van der Waals surface area (Å²) in [6.07, 6.45) is 5.40. The van der Waals surface area contributed by atoms with Crippen molar-refractivity contribution >= 4 is 17.2 Å². The van der Waals surface area contributed by atoms with E-state index in [2.05, 4.69) is 20.7 Å². The van der Waals surface area contributed by atoms with Crippen molar-refractivity contribution in [2.45, 2.75) is 39.0 Å². The second-order valence-electron chi connectivity index (χ2n) is 4.93. The van der Waals surface area contributed by atoms with Gasteiger partial charge in [-0.3, -0.25) is 0 Å². The quantitative estimate of drug-likeness (QED) is 0.935. The third-order valence-electron chi connectivity index (χ3n) is 3.44. The molecule has 0 amide bonds. The van der Waals surface area contributed by atoms with Crippen LogP contribution in [0.15, 0.2) is 5.38 Å². The third-order valence-corrected chi connectivity index (χ3v) is 4.41. The van der Waals surface area contributed by atoms with Crippen molar-refractivity contribution in [3.8, 4) is 0 Å². The van der Waals surface area contributed by atoms with Crippen molar-refractivity contribution in [3.63, 3.8) is 0 Å². The van der Waals surface area contributed by atoms with Gasteiger partial charge >= 0.3 is 0 Å². The summed E-state index contributed by atoms with van der Waals surface area (Å²) in [4.78, 5) is 13.9. The Morgan fingerprint density at radius 2 is 2.05 bits per heavy atom. The number of hydrogen-bond donors (Lipinski definition) is 1. The highest BCUT2D eigenvalue weighted by molar-refractivity contribution is 7.09. The molecule has 0 fully saturated rings. The molecule has 0 saturated heterocycles. The molecule has 0 bridgehead atoms. The Labute approximate surface area is 117 Å². The number of nitrogens with one attached hydrogen (secondary N) is 1.